The van der Waals surface area contributed by atoms with Crippen LogP contribution in [0.5, 0.6) is 5.75 Å². The number of nitro benzene ring substituents is 1. The Morgan fingerprint density at radius 2 is 1.96 bits per heavy atom. The molecule has 3 rings (SSSR count). The highest BCUT2D eigenvalue weighted by Gasteiger charge is 2.13. The lowest BCUT2D eigenvalue weighted by atomic mass is 10.1. The summed E-state index contributed by atoms with van der Waals surface area (Å²) < 4.78 is 6.47. The van der Waals surface area contributed by atoms with E-state index in [0.717, 1.165) is 4.57 Å². The molecule has 8 heteroatoms. The van der Waals surface area contributed by atoms with E-state index in [4.69, 9.17) is 4.74 Å². The Morgan fingerprint density at radius 3 is 2.62 bits per heavy atom. The number of Topliss-reactive ketones (excluding diaryl/α,β-unsaturated/α-hetero) is 1. The van der Waals surface area contributed by atoms with Crippen LogP contribution in [-0.4, -0.2) is 26.9 Å². The molecule has 0 amide bonds. The molecule has 26 heavy (non-hydrogen) atoms. The number of nitro groups is 1. The van der Waals surface area contributed by atoms with Crippen molar-refractivity contribution in [1.29, 1.82) is 0 Å². The first-order chi connectivity index (χ1) is 12.5. The lowest BCUT2D eigenvalue weighted by Gasteiger charge is -2.07. The van der Waals surface area contributed by atoms with Crippen molar-refractivity contribution in [3.05, 3.63) is 74.8 Å². The van der Waals surface area contributed by atoms with Crippen LogP contribution in [0.4, 0.5) is 5.69 Å². The summed E-state index contributed by atoms with van der Waals surface area (Å²) in [5.41, 5.74) is 0.0647. The molecule has 1 aromatic heterocycles. The van der Waals surface area contributed by atoms with Crippen LogP contribution >= 0.6 is 0 Å². The fourth-order valence-corrected chi connectivity index (χ4v) is 2.52. The Bertz CT molecular complexity index is 1040. The number of hydrogen-bond donors (Lipinski definition) is 0. The Labute approximate surface area is 147 Å². The van der Waals surface area contributed by atoms with Crippen molar-refractivity contribution < 1.29 is 14.5 Å². The zero-order chi connectivity index (χ0) is 18.7. The fourth-order valence-electron chi connectivity index (χ4n) is 2.52. The third-order valence-corrected chi connectivity index (χ3v) is 3.82. The molecule has 0 aliphatic heterocycles. The molecule has 0 aliphatic carbocycles. The number of carbonyl (C=O) groups is 1. The van der Waals surface area contributed by atoms with E-state index in [9.17, 15) is 19.7 Å². The van der Waals surface area contributed by atoms with E-state index in [2.05, 4.69) is 4.98 Å². The first-order valence-electron chi connectivity index (χ1n) is 7.89. The Hall–Kier alpha value is -3.55. The number of ether oxygens (including phenoxy) is 1. The minimum absolute atomic E-state index is 0.0983. The molecular formula is C18H15N3O5. The van der Waals surface area contributed by atoms with Crippen LogP contribution in [0.3, 0.4) is 0 Å². The quantitative estimate of drug-likeness (QED) is 0.383. The van der Waals surface area contributed by atoms with Crippen LogP contribution < -0.4 is 10.3 Å². The summed E-state index contributed by atoms with van der Waals surface area (Å²) >= 11 is 0. The molecule has 0 spiro atoms. The van der Waals surface area contributed by atoms with Gasteiger partial charge in [0.05, 0.1) is 35.3 Å². The largest absolute Gasteiger partial charge is 0.494 e. The van der Waals surface area contributed by atoms with Gasteiger partial charge in [-0.05, 0) is 37.3 Å². The molecule has 1 heterocycles. The van der Waals surface area contributed by atoms with Crippen molar-refractivity contribution in [1.82, 2.24) is 9.55 Å². The van der Waals surface area contributed by atoms with Gasteiger partial charge in [0.25, 0.3) is 11.2 Å². The molecule has 0 bridgehead atoms. The zero-order valence-electron chi connectivity index (χ0n) is 13.9. The van der Waals surface area contributed by atoms with Gasteiger partial charge in [0.15, 0.2) is 5.78 Å². The average molecular weight is 353 g/mol. The molecule has 0 atom stereocenters. The number of non-ortho nitro benzene ring substituents is 1. The van der Waals surface area contributed by atoms with Gasteiger partial charge in [0.1, 0.15) is 5.75 Å². The van der Waals surface area contributed by atoms with Crippen molar-refractivity contribution in [2.24, 2.45) is 0 Å². The van der Waals surface area contributed by atoms with Gasteiger partial charge >= 0.3 is 0 Å². The fraction of sp³-hybridized carbons (Fsp3) is 0.167. The van der Waals surface area contributed by atoms with Gasteiger partial charge in [-0.15, -0.1) is 0 Å². The van der Waals surface area contributed by atoms with E-state index < -0.39 is 10.5 Å². The summed E-state index contributed by atoms with van der Waals surface area (Å²) in [4.78, 5) is 39.4. The van der Waals surface area contributed by atoms with Gasteiger partial charge in [-0.1, -0.05) is 0 Å². The molecule has 0 saturated carbocycles. The van der Waals surface area contributed by atoms with Gasteiger partial charge in [0.2, 0.25) is 0 Å². The second kappa shape index (κ2) is 7.14. The van der Waals surface area contributed by atoms with Crippen LogP contribution in [0.2, 0.25) is 0 Å². The standard InChI is InChI=1S/C18H15N3O5/c1-2-26-14-6-3-12(4-7-14)17(22)10-20-11-19-16-8-5-13(21(24)25)9-15(16)18(20)23/h3-9,11H,2,10H2,1H3. The van der Waals surface area contributed by atoms with Crippen LogP contribution in [0.15, 0.2) is 53.6 Å². The number of hydrogen-bond acceptors (Lipinski definition) is 6. The molecule has 0 unspecified atom stereocenters. The highest BCUT2D eigenvalue weighted by atomic mass is 16.6. The summed E-state index contributed by atoms with van der Waals surface area (Å²) in [6.45, 7) is 2.18. The van der Waals surface area contributed by atoms with Crippen molar-refractivity contribution in [3.63, 3.8) is 0 Å². The maximum absolute atomic E-state index is 12.5. The average Bonchev–Trinajstić information content (AvgIpc) is 2.64. The zero-order valence-corrected chi connectivity index (χ0v) is 13.9. The maximum atomic E-state index is 12.5. The van der Waals surface area contributed by atoms with E-state index in [0.29, 0.717) is 23.4 Å². The molecule has 0 N–H and O–H groups in total. The van der Waals surface area contributed by atoms with E-state index in [1.165, 1.54) is 24.5 Å². The molecule has 0 radical (unpaired) electrons. The third-order valence-electron chi connectivity index (χ3n) is 3.82. The first-order valence-corrected chi connectivity index (χ1v) is 7.89. The number of benzene rings is 2. The summed E-state index contributed by atoms with van der Waals surface area (Å²) in [5, 5.41) is 11.0. The van der Waals surface area contributed by atoms with Gasteiger partial charge in [-0.25, -0.2) is 4.98 Å². The number of nitrogens with zero attached hydrogens (tertiary/aromatic N) is 3. The number of aromatic nitrogens is 2. The van der Waals surface area contributed by atoms with Crippen molar-refractivity contribution >= 4 is 22.4 Å². The highest BCUT2D eigenvalue weighted by Crippen LogP contribution is 2.17. The number of ketones is 1. The van der Waals surface area contributed by atoms with Gasteiger partial charge in [0, 0.05) is 17.7 Å². The topological polar surface area (TPSA) is 104 Å². The Morgan fingerprint density at radius 1 is 1.23 bits per heavy atom. The van der Waals surface area contributed by atoms with E-state index in [-0.39, 0.29) is 23.4 Å². The van der Waals surface area contributed by atoms with E-state index in [1.54, 1.807) is 24.3 Å². The summed E-state index contributed by atoms with van der Waals surface area (Å²) in [6.07, 6.45) is 1.27. The number of carbonyl (C=O) groups excluding carboxylic acids is 1. The highest BCUT2D eigenvalue weighted by molar-refractivity contribution is 5.96. The smallest absolute Gasteiger partial charge is 0.270 e. The Balaban J connectivity index is 1.90. The van der Waals surface area contributed by atoms with Gasteiger partial charge < -0.3 is 4.74 Å². The van der Waals surface area contributed by atoms with Gasteiger partial charge in [-0.2, -0.15) is 0 Å². The SMILES string of the molecule is CCOc1ccc(C(=O)Cn2cnc3ccc([N+](=O)[O-])cc3c2=O)cc1. The molecule has 0 aliphatic rings. The Kier molecular flexibility index (Phi) is 4.74. The van der Waals surface area contributed by atoms with Crippen LogP contribution in [0.1, 0.15) is 17.3 Å². The van der Waals surface area contributed by atoms with Crippen LogP contribution in [0, 0.1) is 10.1 Å². The third kappa shape index (κ3) is 3.44. The predicted octanol–water partition coefficient (Wildman–Crippen LogP) is 2.59. The molecule has 8 nitrogen and oxygen atoms in total. The number of fused-ring (bicyclic) bond motifs is 1. The second-order valence-electron chi connectivity index (χ2n) is 5.52. The lowest BCUT2D eigenvalue weighted by Crippen LogP contribution is -2.24. The van der Waals surface area contributed by atoms with Crippen LogP contribution in [0.25, 0.3) is 10.9 Å². The van der Waals surface area contributed by atoms with Gasteiger partial charge in [-0.3, -0.25) is 24.3 Å². The summed E-state index contributed by atoms with van der Waals surface area (Å²) in [6, 6.07) is 10.5. The lowest BCUT2D eigenvalue weighted by molar-refractivity contribution is -0.384. The summed E-state index contributed by atoms with van der Waals surface area (Å²) in [7, 11) is 0. The normalized spacial score (nSPS) is 10.7. The van der Waals surface area contributed by atoms with E-state index in [1.807, 2.05) is 6.92 Å². The minimum Gasteiger partial charge on any atom is -0.494 e. The van der Waals surface area contributed by atoms with Crippen molar-refractivity contribution in [2.45, 2.75) is 13.5 Å². The first kappa shape index (κ1) is 17.3. The molecule has 132 valence electrons. The predicted molar refractivity (Wildman–Crippen MR) is 94.6 cm³/mol. The van der Waals surface area contributed by atoms with Crippen molar-refractivity contribution in [2.75, 3.05) is 6.61 Å². The molecule has 0 fully saturated rings. The molecule has 0 saturated heterocycles. The molecular weight excluding hydrogens is 338 g/mol. The van der Waals surface area contributed by atoms with Crippen LogP contribution in [-0.2, 0) is 6.54 Å². The summed E-state index contributed by atoms with van der Waals surface area (Å²) in [5.74, 6) is 0.377. The minimum atomic E-state index is -0.582. The van der Waals surface area contributed by atoms with E-state index >= 15 is 0 Å². The number of rotatable bonds is 6. The van der Waals surface area contributed by atoms with Crippen molar-refractivity contribution in [3.8, 4) is 5.75 Å². The second-order valence-corrected chi connectivity index (χ2v) is 5.52. The molecule has 3 aromatic rings. The monoisotopic (exact) mass is 353 g/mol. The molecule has 2 aromatic carbocycles. The maximum Gasteiger partial charge on any atom is 0.270 e.